The third-order valence-electron chi connectivity index (χ3n) is 7.45. The summed E-state index contributed by atoms with van der Waals surface area (Å²) in [5.74, 6) is -0.366. The number of alkyl carbamates (subject to hydrolysis) is 1. The predicted octanol–water partition coefficient (Wildman–Crippen LogP) is 3.78. The number of unbranched alkanes of at least 4 members (excludes halogenated alkanes) is 1. The van der Waals surface area contributed by atoms with E-state index in [-0.39, 0.29) is 12.6 Å². The Kier molecular flexibility index (Phi) is 38.4. The predicted molar refractivity (Wildman–Crippen MR) is 224 cm³/mol. The molecule has 1 aromatic carbocycles. The van der Waals surface area contributed by atoms with Crippen LogP contribution in [0.15, 0.2) is 24.3 Å². The van der Waals surface area contributed by atoms with Crippen LogP contribution in [-0.4, -0.2) is 196 Å². The second-order valence-electron chi connectivity index (χ2n) is 13.8. The molecule has 0 aliphatic carbocycles. The minimum Gasteiger partial charge on any atom is -0.460 e. The quantitative estimate of drug-likeness (QED) is 0.0712. The van der Waals surface area contributed by atoms with Crippen LogP contribution in [0.4, 0.5) is 10.5 Å². The molecule has 1 rings (SSSR count). The lowest BCUT2D eigenvalue weighted by molar-refractivity contribution is -0.0287. The number of esters is 1. The van der Waals surface area contributed by atoms with Crippen LogP contribution in [0.3, 0.4) is 0 Å². The number of rotatable bonds is 44. The first-order chi connectivity index (χ1) is 29.3. The van der Waals surface area contributed by atoms with E-state index in [2.05, 4.69) is 17.6 Å². The maximum Gasteiger partial charge on any atom is 0.407 e. The smallest absolute Gasteiger partial charge is 0.407 e. The molecule has 0 aliphatic heterocycles. The Morgan fingerprint density at radius 3 is 1.08 bits per heavy atom. The molecule has 0 heterocycles. The Hall–Kier alpha value is -2.72. The summed E-state index contributed by atoms with van der Waals surface area (Å²) in [6.07, 6.45) is 1.78. The molecule has 18 heteroatoms. The van der Waals surface area contributed by atoms with Crippen LogP contribution in [0.2, 0.25) is 0 Å². The van der Waals surface area contributed by atoms with Crippen molar-refractivity contribution in [2.75, 3.05) is 184 Å². The third kappa shape index (κ3) is 39.4. The summed E-state index contributed by atoms with van der Waals surface area (Å²) in [7, 11) is 0. The Morgan fingerprint density at radius 2 is 0.767 bits per heavy atom. The van der Waals surface area contributed by atoms with E-state index in [4.69, 9.17) is 66.3 Å². The number of anilines is 1. The van der Waals surface area contributed by atoms with Gasteiger partial charge in [-0.15, -0.1) is 0 Å². The lowest BCUT2D eigenvalue weighted by Gasteiger charge is -2.19. The van der Waals surface area contributed by atoms with Gasteiger partial charge in [-0.1, -0.05) is 13.3 Å². The highest BCUT2D eigenvalue weighted by molar-refractivity contribution is 5.89. The van der Waals surface area contributed by atoms with Crippen molar-refractivity contribution in [3.63, 3.8) is 0 Å². The third-order valence-corrected chi connectivity index (χ3v) is 7.45. The van der Waals surface area contributed by atoms with Gasteiger partial charge in [0.25, 0.3) is 0 Å². The highest BCUT2D eigenvalue weighted by Gasteiger charge is 2.15. The van der Waals surface area contributed by atoms with Crippen LogP contribution < -0.4 is 10.6 Å². The summed E-state index contributed by atoms with van der Waals surface area (Å²) in [4.78, 5) is 23.7. The molecule has 0 spiro atoms. The van der Waals surface area contributed by atoms with Crippen molar-refractivity contribution >= 4 is 17.7 Å². The molecule has 0 saturated heterocycles. The fraction of sp³-hybridized carbons (Fsp3) is 0.810. The maximum absolute atomic E-state index is 12.1. The summed E-state index contributed by atoms with van der Waals surface area (Å²) in [5, 5.41) is 5.95. The van der Waals surface area contributed by atoms with Gasteiger partial charge < -0.3 is 76.9 Å². The zero-order valence-electron chi connectivity index (χ0n) is 36.8. The SMILES string of the molecule is CCCCNc1ccc(C(=O)OCCOCCOCCOCCOCCOCCOCCOCCOCCOCCOCCOCCOCCNC(=O)OC(C)(C)C)cc1. The summed E-state index contributed by atoms with van der Waals surface area (Å²) in [5.41, 5.74) is 0.987. The number of hydrogen-bond donors (Lipinski definition) is 2. The van der Waals surface area contributed by atoms with Gasteiger partial charge in [0.1, 0.15) is 12.2 Å². The molecule has 1 amide bonds. The Bertz CT molecular complexity index is 1100. The van der Waals surface area contributed by atoms with Crippen molar-refractivity contribution in [3.05, 3.63) is 29.8 Å². The van der Waals surface area contributed by atoms with Crippen LogP contribution in [0.25, 0.3) is 0 Å². The van der Waals surface area contributed by atoms with Crippen LogP contribution in [-0.2, 0) is 66.3 Å². The topological polar surface area (TPSA) is 187 Å². The molecular weight excluding hydrogens is 788 g/mol. The molecule has 1 aromatic rings. The van der Waals surface area contributed by atoms with E-state index in [0.29, 0.717) is 171 Å². The van der Waals surface area contributed by atoms with E-state index >= 15 is 0 Å². The molecule has 0 unspecified atom stereocenters. The number of nitrogens with one attached hydrogen (secondary N) is 2. The zero-order chi connectivity index (χ0) is 43.5. The molecule has 0 fully saturated rings. The van der Waals surface area contributed by atoms with E-state index in [0.717, 1.165) is 25.1 Å². The molecule has 350 valence electrons. The van der Waals surface area contributed by atoms with Gasteiger partial charge >= 0.3 is 12.1 Å². The van der Waals surface area contributed by atoms with Crippen molar-refractivity contribution in [2.45, 2.75) is 46.1 Å². The summed E-state index contributed by atoms with van der Waals surface area (Å²) in [6.45, 7) is 20.0. The number of amides is 1. The molecule has 60 heavy (non-hydrogen) atoms. The molecule has 0 saturated carbocycles. The van der Waals surface area contributed by atoms with Gasteiger partial charge in [-0.05, 0) is 51.5 Å². The van der Waals surface area contributed by atoms with E-state index in [9.17, 15) is 9.59 Å². The Balaban J connectivity index is 1.67. The molecule has 0 aliphatic rings. The molecule has 0 atom stereocenters. The van der Waals surface area contributed by atoms with E-state index in [1.54, 1.807) is 12.1 Å². The largest absolute Gasteiger partial charge is 0.460 e. The number of carbonyl (C=O) groups is 2. The average Bonchev–Trinajstić information content (AvgIpc) is 3.22. The van der Waals surface area contributed by atoms with Gasteiger partial charge in [-0.25, -0.2) is 9.59 Å². The summed E-state index contributed by atoms with van der Waals surface area (Å²) in [6, 6.07) is 7.28. The molecule has 0 aromatic heterocycles. The number of benzene rings is 1. The first kappa shape index (κ1) is 55.3. The van der Waals surface area contributed by atoms with Crippen molar-refractivity contribution in [1.29, 1.82) is 0 Å². The Morgan fingerprint density at radius 1 is 0.450 bits per heavy atom. The second-order valence-corrected chi connectivity index (χ2v) is 13.8. The van der Waals surface area contributed by atoms with Gasteiger partial charge in [-0.2, -0.15) is 0 Å². The van der Waals surface area contributed by atoms with Crippen molar-refractivity contribution < 1.29 is 75.9 Å². The number of ether oxygens (including phenoxy) is 14. The highest BCUT2D eigenvalue weighted by atomic mass is 16.6. The zero-order valence-corrected chi connectivity index (χ0v) is 36.8. The van der Waals surface area contributed by atoms with Crippen LogP contribution in [0.5, 0.6) is 0 Å². The molecule has 18 nitrogen and oxygen atoms in total. The lowest BCUT2D eigenvalue weighted by atomic mass is 10.2. The number of hydrogen-bond acceptors (Lipinski definition) is 17. The van der Waals surface area contributed by atoms with Crippen molar-refractivity contribution in [2.24, 2.45) is 0 Å². The normalized spacial score (nSPS) is 11.5. The average molecular weight is 865 g/mol. The Labute approximate surface area is 358 Å². The molecular formula is C42H76N2O16. The molecule has 0 bridgehead atoms. The van der Waals surface area contributed by atoms with E-state index in [1.165, 1.54) is 0 Å². The van der Waals surface area contributed by atoms with Gasteiger partial charge in [0.05, 0.1) is 164 Å². The van der Waals surface area contributed by atoms with Crippen molar-refractivity contribution in [1.82, 2.24) is 5.32 Å². The second kappa shape index (κ2) is 41.6. The van der Waals surface area contributed by atoms with Gasteiger partial charge in [-0.3, -0.25) is 0 Å². The fourth-order valence-corrected chi connectivity index (χ4v) is 4.47. The van der Waals surface area contributed by atoms with E-state index < -0.39 is 11.7 Å². The number of carbonyl (C=O) groups excluding carboxylic acids is 2. The maximum atomic E-state index is 12.1. The van der Waals surface area contributed by atoms with E-state index in [1.807, 2.05) is 32.9 Å². The first-order valence-corrected chi connectivity index (χ1v) is 21.2. The first-order valence-electron chi connectivity index (χ1n) is 21.2. The monoisotopic (exact) mass is 865 g/mol. The highest BCUT2D eigenvalue weighted by Crippen LogP contribution is 2.11. The van der Waals surface area contributed by atoms with Crippen LogP contribution in [0.1, 0.15) is 50.9 Å². The van der Waals surface area contributed by atoms with Crippen LogP contribution >= 0.6 is 0 Å². The fourth-order valence-electron chi connectivity index (χ4n) is 4.47. The standard InChI is InChI=1S/C42H76N2O16/c1-5-6-11-43-39-9-7-38(8-10-39)40(45)59-37-36-58-35-34-57-33-32-56-31-30-55-29-28-54-27-26-53-25-24-52-23-22-51-21-20-50-19-18-49-17-16-48-15-14-47-13-12-44-41(46)60-42(2,3)4/h7-10,43H,5-6,11-37H2,1-4H3,(H,44,46). The molecule has 2 N–H and O–H groups in total. The summed E-state index contributed by atoms with van der Waals surface area (Å²) < 4.78 is 76.1. The van der Waals surface area contributed by atoms with Gasteiger partial charge in [0, 0.05) is 18.8 Å². The lowest BCUT2D eigenvalue weighted by Crippen LogP contribution is -2.34. The minimum atomic E-state index is -0.518. The molecule has 0 radical (unpaired) electrons. The van der Waals surface area contributed by atoms with Crippen LogP contribution in [0, 0.1) is 0 Å². The van der Waals surface area contributed by atoms with Gasteiger partial charge in [0.15, 0.2) is 0 Å². The summed E-state index contributed by atoms with van der Waals surface area (Å²) >= 11 is 0. The van der Waals surface area contributed by atoms with Gasteiger partial charge in [0.2, 0.25) is 0 Å². The minimum absolute atomic E-state index is 0.183. The van der Waals surface area contributed by atoms with Crippen molar-refractivity contribution in [3.8, 4) is 0 Å².